The molecule has 0 spiro atoms. The van der Waals surface area contributed by atoms with Gasteiger partial charge < -0.3 is 14.9 Å². The van der Waals surface area contributed by atoms with Gasteiger partial charge in [-0.2, -0.15) is 0 Å². The first-order valence-corrected chi connectivity index (χ1v) is 6.89. The molecule has 1 fully saturated rings. The first-order valence-electron chi connectivity index (χ1n) is 6.89. The Labute approximate surface area is 114 Å². The van der Waals surface area contributed by atoms with E-state index in [0.717, 1.165) is 12.5 Å². The van der Waals surface area contributed by atoms with Crippen molar-refractivity contribution in [3.63, 3.8) is 0 Å². The molecule has 1 aromatic carbocycles. The van der Waals surface area contributed by atoms with Crippen molar-refractivity contribution in [3.05, 3.63) is 29.6 Å². The molecule has 0 aliphatic heterocycles. The van der Waals surface area contributed by atoms with Gasteiger partial charge in [-0.3, -0.25) is 0 Å². The predicted molar refractivity (Wildman–Crippen MR) is 74.5 cm³/mol. The van der Waals surface area contributed by atoms with E-state index in [1.807, 2.05) is 7.05 Å². The van der Waals surface area contributed by atoms with Crippen LogP contribution in [-0.4, -0.2) is 35.7 Å². The Morgan fingerprint density at radius 3 is 2.58 bits per heavy atom. The van der Waals surface area contributed by atoms with Crippen LogP contribution in [0.1, 0.15) is 31.2 Å². The normalized spacial score (nSPS) is 16.3. The van der Waals surface area contributed by atoms with Gasteiger partial charge in [0.05, 0.1) is 0 Å². The Balaban J connectivity index is 1.94. The first kappa shape index (κ1) is 14.5. The summed E-state index contributed by atoms with van der Waals surface area (Å²) in [5, 5.41) is 18.0. The summed E-state index contributed by atoms with van der Waals surface area (Å²) in [4.78, 5) is 2.14. The molecule has 0 amide bonds. The number of hydrogen-bond donors (Lipinski definition) is 2. The maximum absolute atomic E-state index is 13.8. The van der Waals surface area contributed by atoms with Gasteiger partial charge >= 0.3 is 7.12 Å². The lowest BCUT2D eigenvalue weighted by Gasteiger charge is -2.21. The summed E-state index contributed by atoms with van der Waals surface area (Å²) in [6.07, 6.45) is 5.19. The zero-order valence-electron chi connectivity index (χ0n) is 11.3. The molecule has 0 heterocycles. The SMILES string of the molecule is CN(Cc1ccc(B(O)O)cc1F)CC1CCCC1. The molecule has 1 aromatic rings. The molecule has 1 saturated carbocycles. The fraction of sp³-hybridized carbons (Fsp3) is 0.571. The second kappa shape index (κ2) is 6.50. The van der Waals surface area contributed by atoms with E-state index in [1.165, 1.54) is 31.7 Å². The number of hydrogen-bond acceptors (Lipinski definition) is 3. The molecule has 0 unspecified atom stereocenters. The van der Waals surface area contributed by atoms with E-state index in [1.54, 1.807) is 12.1 Å². The third-order valence-corrected chi connectivity index (χ3v) is 3.86. The van der Waals surface area contributed by atoms with Gasteiger partial charge in [0, 0.05) is 18.7 Å². The number of halogens is 1. The van der Waals surface area contributed by atoms with Crippen LogP contribution in [0.15, 0.2) is 18.2 Å². The lowest BCUT2D eigenvalue weighted by atomic mass is 9.80. The van der Waals surface area contributed by atoms with Gasteiger partial charge in [0.25, 0.3) is 0 Å². The van der Waals surface area contributed by atoms with Crippen LogP contribution in [0.25, 0.3) is 0 Å². The average Bonchev–Trinajstić information content (AvgIpc) is 2.84. The molecule has 5 heteroatoms. The molecule has 1 aliphatic rings. The fourth-order valence-electron chi connectivity index (χ4n) is 2.84. The van der Waals surface area contributed by atoms with Crippen LogP contribution in [0.4, 0.5) is 4.39 Å². The summed E-state index contributed by atoms with van der Waals surface area (Å²) in [6, 6.07) is 4.39. The third-order valence-electron chi connectivity index (χ3n) is 3.86. The van der Waals surface area contributed by atoms with E-state index >= 15 is 0 Å². The van der Waals surface area contributed by atoms with E-state index in [0.29, 0.717) is 12.1 Å². The van der Waals surface area contributed by atoms with Crippen LogP contribution in [0.2, 0.25) is 0 Å². The third kappa shape index (κ3) is 4.03. The Hall–Kier alpha value is -0.905. The summed E-state index contributed by atoms with van der Waals surface area (Å²) >= 11 is 0. The maximum Gasteiger partial charge on any atom is 0.488 e. The molecule has 0 atom stereocenters. The Morgan fingerprint density at radius 2 is 2.00 bits per heavy atom. The van der Waals surface area contributed by atoms with Crippen LogP contribution < -0.4 is 5.46 Å². The van der Waals surface area contributed by atoms with Crippen molar-refractivity contribution >= 4 is 12.6 Å². The van der Waals surface area contributed by atoms with Gasteiger partial charge in [0.15, 0.2) is 0 Å². The molecular formula is C14H21BFNO2. The molecule has 2 rings (SSSR count). The summed E-state index contributed by atoms with van der Waals surface area (Å²) in [6.45, 7) is 1.56. The van der Waals surface area contributed by atoms with Gasteiger partial charge in [-0.15, -0.1) is 0 Å². The van der Waals surface area contributed by atoms with E-state index < -0.39 is 7.12 Å². The molecule has 0 radical (unpaired) electrons. The minimum Gasteiger partial charge on any atom is -0.423 e. The quantitative estimate of drug-likeness (QED) is 0.784. The average molecular weight is 265 g/mol. The minimum absolute atomic E-state index is 0.194. The lowest BCUT2D eigenvalue weighted by molar-refractivity contribution is 0.268. The fourth-order valence-corrected chi connectivity index (χ4v) is 2.84. The van der Waals surface area contributed by atoms with E-state index in [-0.39, 0.29) is 11.3 Å². The number of nitrogens with zero attached hydrogens (tertiary/aromatic N) is 1. The van der Waals surface area contributed by atoms with Crippen LogP contribution in [0.3, 0.4) is 0 Å². The number of rotatable bonds is 5. The van der Waals surface area contributed by atoms with Crippen LogP contribution in [-0.2, 0) is 6.54 Å². The Morgan fingerprint density at radius 1 is 1.32 bits per heavy atom. The zero-order valence-corrected chi connectivity index (χ0v) is 11.3. The van der Waals surface area contributed by atoms with Crippen LogP contribution in [0, 0.1) is 11.7 Å². The Kier molecular flexibility index (Phi) is 4.96. The molecule has 0 bridgehead atoms. The van der Waals surface area contributed by atoms with Crippen molar-refractivity contribution in [2.24, 2.45) is 5.92 Å². The van der Waals surface area contributed by atoms with E-state index in [2.05, 4.69) is 4.90 Å². The van der Waals surface area contributed by atoms with Crippen molar-refractivity contribution in [1.29, 1.82) is 0 Å². The highest BCUT2D eigenvalue weighted by Crippen LogP contribution is 2.25. The highest BCUT2D eigenvalue weighted by atomic mass is 19.1. The summed E-state index contributed by atoms with van der Waals surface area (Å²) in [5.41, 5.74) is 0.796. The summed E-state index contributed by atoms with van der Waals surface area (Å²) in [5.74, 6) is 0.371. The maximum atomic E-state index is 13.8. The molecular weight excluding hydrogens is 244 g/mol. The van der Waals surface area contributed by atoms with Crippen molar-refractivity contribution in [2.75, 3.05) is 13.6 Å². The molecule has 19 heavy (non-hydrogen) atoms. The minimum atomic E-state index is -1.61. The van der Waals surface area contributed by atoms with Gasteiger partial charge in [-0.25, -0.2) is 4.39 Å². The van der Waals surface area contributed by atoms with E-state index in [4.69, 9.17) is 10.0 Å². The largest absolute Gasteiger partial charge is 0.488 e. The number of benzene rings is 1. The highest BCUT2D eigenvalue weighted by Gasteiger charge is 2.18. The van der Waals surface area contributed by atoms with Crippen molar-refractivity contribution in [3.8, 4) is 0 Å². The molecule has 1 aliphatic carbocycles. The van der Waals surface area contributed by atoms with Gasteiger partial charge in [0.1, 0.15) is 5.82 Å². The lowest BCUT2D eigenvalue weighted by Crippen LogP contribution is -2.31. The second-order valence-corrected chi connectivity index (χ2v) is 5.57. The molecule has 2 N–H and O–H groups in total. The Bertz CT molecular complexity index is 422. The topological polar surface area (TPSA) is 43.7 Å². The summed E-state index contributed by atoms with van der Waals surface area (Å²) in [7, 11) is 0.395. The monoisotopic (exact) mass is 265 g/mol. The van der Waals surface area contributed by atoms with Gasteiger partial charge in [0.2, 0.25) is 0 Å². The first-order chi connectivity index (χ1) is 9.06. The molecule has 0 aromatic heterocycles. The van der Waals surface area contributed by atoms with Gasteiger partial charge in [-0.1, -0.05) is 25.0 Å². The smallest absolute Gasteiger partial charge is 0.423 e. The van der Waals surface area contributed by atoms with Crippen molar-refractivity contribution < 1.29 is 14.4 Å². The summed E-state index contributed by atoms with van der Waals surface area (Å²) < 4.78 is 13.8. The standard InChI is InChI=1S/C14H21BFNO2/c1-17(9-11-4-2-3-5-11)10-12-6-7-13(15(18)19)8-14(12)16/h6-8,11,18-19H,2-5,9-10H2,1H3. The highest BCUT2D eigenvalue weighted by molar-refractivity contribution is 6.58. The van der Waals surface area contributed by atoms with E-state index in [9.17, 15) is 4.39 Å². The van der Waals surface area contributed by atoms with Crippen LogP contribution in [0.5, 0.6) is 0 Å². The predicted octanol–water partition coefficient (Wildman–Crippen LogP) is 1.13. The van der Waals surface area contributed by atoms with Crippen LogP contribution >= 0.6 is 0 Å². The molecule has 104 valence electrons. The second-order valence-electron chi connectivity index (χ2n) is 5.57. The zero-order chi connectivity index (χ0) is 13.8. The molecule has 0 saturated heterocycles. The van der Waals surface area contributed by atoms with Crippen molar-refractivity contribution in [1.82, 2.24) is 4.90 Å². The van der Waals surface area contributed by atoms with Crippen molar-refractivity contribution in [2.45, 2.75) is 32.2 Å². The molecule has 3 nitrogen and oxygen atoms in total. The van der Waals surface area contributed by atoms with Gasteiger partial charge in [-0.05, 0) is 37.3 Å².